The van der Waals surface area contributed by atoms with Crippen LogP contribution in [0.3, 0.4) is 0 Å². The smallest absolute Gasteiger partial charge is 0.311 e. The summed E-state index contributed by atoms with van der Waals surface area (Å²) in [6, 6.07) is 20.1. The van der Waals surface area contributed by atoms with Crippen LogP contribution in [0, 0.1) is 0 Å². The van der Waals surface area contributed by atoms with Crippen LogP contribution >= 0.6 is 0 Å². The van der Waals surface area contributed by atoms with Crippen molar-refractivity contribution in [3.8, 4) is 11.5 Å². The van der Waals surface area contributed by atoms with Crippen LogP contribution in [0.25, 0.3) is 22.9 Å². The summed E-state index contributed by atoms with van der Waals surface area (Å²) in [5.74, 6) is 0.757. The molecule has 0 aromatic heterocycles. The Hall–Kier alpha value is -3.07. The maximum atomic E-state index is 11.7. The molecule has 0 saturated heterocycles. The van der Waals surface area contributed by atoms with Crippen molar-refractivity contribution in [3.05, 3.63) is 71.8 Å². The second-order valence-electron chi connectivity index (χ2n) is 6.04. The van der Waals surface area contributed by atoms with Crippen molar-refractivity contribution in [1.82, 2.24) is 0 Å². The Labute approximate surface area is 153 Å². The molecule has 3 heteroatoms. The molecule has 0 radical (unpaired) electrons. The molecule has 0 spiro atoms. The predicted octanol–water partition coefficient (Wildman–Crippen LogP) is 5.72. The first kappa shape index (κ1) is 17.7. The monoisotopic (exact) mass is 346 g/mol. The lowest BCUT2D eigenvalue weighted by Crippen LogP contribution is -2.07. The van der Waals surface area contributed by atoms with Gasteiger partial charge in [-0.1, -0.05) is 67.6 Å². The van der Waals surface area contributed by atoms with Crippen molar-refractivity contribution in [2.75, 3.05) is 7.11 Å². The Morgan fingerprint density at radius 3 is 2.58 bits per heavy atom. The zero-order chi connectivity index (χ0) is 18.4. The summed E-state index contributed by atoms with van der Waals surface area (Å²) in [5, 5.41) is 2.42. The van der Waals surface area contributed by atoms with Gasteiger partial charge >= 0.3 is 5.97 Å². The van der Waals surface area contributed by atoms with Crippen molar-refractivity contribution in [1.29, 1.82) is 0 Å². The molecule has 0 aliphatic carbocycles. The molecule has 0 aliphatic rings. The van der Waals surface area contributed by atoms with Gasteiger partial charge in [0.1, 0.15) is 0 Å². The quantitative estimate of drug-likeness (QED) is 0.325. The van der Waals surface area contributed by atoms with E-state index in [4.69, 9.17) is 9.47 Å². The van der Waals surface area contributed by atoms with Crippen LogP contribution in [-0.2, 0) is 4.79 Å². The minimum absolute atomic E-state index is 0.246. The van der Waals surface area contributed by atoms with E-state index >= 15 is 0 Å². The van der Waals surface area contributed by atoms with Gasteiger partial charge in [-0.15, -0.1) is 0 Å². The molecule has 0 fully saturated rings. The van der Waals surface area contributed by atoms with Crippen molar-refractivity contribution >= 4 is 28.9 Å². The van der Waals surface area contributed by atoms with Gasteiger partial charge in [-0.3, -0.25) is 4.79 Å². The topological polar surface area (TPSA) is 35.5 Å². The highest BCUT2D eigenvalue weighted by Gasteiger charge is 2.09. The summed E-state index contributed by atoms with van der Waals surface area (Å²) < 4.78 is 10.7. The fourth-order valence-corrected chi connectivity index (χ4v) is 2.83. The lowest BCUT2D eigenvalue weighted by molar-refractivity contribution is -0.134. The molecule has 26 heavy (non-hydrogen) atoms. The van der Waals surface area contributed by atoms with Crippen LogP contribution in [0.2, 0.25) is 0 Å². The molecule has 3 aromatic carbocycles. The number of carbonyl (C=O) groups excluding carboxylic acids is 1. The SMILES string of the molecule is CCCC(=O)Oc1ccc(/C=C/c2cccc3ccccc23)cc1OC. The first-order valence-electron chi connectivity index (χ1n) is 8.76. The van der Waals surface area contributed by atoms with Crippen LogP contribution in [0.15, 0.2) is 60.7 Å². The van der Waals surface area contributed by atoms with Crippen molar-refractivity contribution in [3.63, 3.8) is 0 Å². The van der Waals surface area contributed by atoms with Gasteiger partial charge < -0.3 is 9.47 Å². The number of hydrogen-bond donors (Lipinski definition) is 0. The molecule has 0 unspecified atom stereocenters. The normalized spacial score (nSPS) is 11.0. The van der Waals surface area contributed by atoms with Crippen LogP contribution in [0.5, 0.6) is 11.5 Å². The third kappa shape index (κ3) is 4.12. The Morgan fingerprint density at radius 2 is 1.77 bits per heavy atom. The number of hydrogen-bond acceptors (Lipinski definition) is 3. The van der Waals surface area contributed by atoms with E-state index in [2.05, 4.69) is 36.4 Å². The molecule has 3 nitrogen and oxygen atoms in total. The summed E-state index contributed by atoms with van der Waals surface area (Å²) in [6.45, 7) is 1.94. The molecule has 0 atom stereocenters. The van der Waals surface area contributed by atoms with E-state index in [1.165, 1.54) is 10.8 Å². The summed E-state index contributed by atoms with van der Waals surface area (Å²) in [5.41, 5.74) is 2.13. The van der Waals surface area contributed by atoms with Gasteiger partial charge in [-0.25, -0.2) is 0 Å². The molecule has 3 rings (SSSR count). The zero-order valence-corrected chi connectivity index (χ0v) is 15.1. The number of carbonyl (C=O) groups is 1. The first-order chi connectivity index (χ1) is 12.7. The van der Waals surface area contributed by atoms with Gasteiger partial charge in [0.2, 0.25) is 0 Å². The molecule has 3 aromatic rings. The van der Waals surface area contributed by atoms with Crippen LogP contribution < -0.4 is 9.47 Å². The van der Waals surface area contributed by atoms with E-state index in [-0.39, 0.29) is 5.97 Å². The van der Waals surface area contributed by atoms with Crippen LogP contribution in [0.4, 0.5) is 0 Å². The van der Waals surface area contributed by atoms with Crippen LogP contribution in [-0.4, -0.2) is 13.1 Å². The van der Waals surface area contributed by atoms with Gasteiger partial charge in [0.15, 0.2) is 11.5 Å². The molecular formula is C23H22O3. The maximum Gasteiger partial charge on any atom is 0.311 e. The molecular weight excluding hydrogens is 324 g/mol. The number of methoxy groups -OCH3 is 1. The fourth-order valence-electron chi connectivity index (χ4n) is 2.83. The van der Waals surface area contributed by atoms with E-state index < -0.39 is 0 Å². The van der Waals surface area contributed by atoms with Crippen molar-refractivity contribution < 1.29 is 14.3 Å². The standard InChI is InChI=1S/C23H22O3/c1-3-7-23(24)26-21-15-13-17(16-22(21)25-2)12-14-19-10-6-9-18-8-4-5-11-20(18)19/h4-6,8-16H,3,7H2,1-2H3/b14-12+. The first-order valence-corrected chi connectivity index (χ1v) is 8.76. The third-order valence-electron chi connectivity index (χ3n) is 4.14. The van der Waals surface area contributed by atoms with Crippen molar-refractivity contribution in [2.24, 2.45) is 0 Å². The third-order valence-corrected chi connectivity index (χ3v) is 4.14. The minimum atomic E-state index is -0.246. The Morgan fingerprint density at radius 1 is 0.962 bits per heavy atom. The number of ether oxygens (including phenoxy) is 2. The largest absolute Gasteiger partial charge is 0.493 e. The number of rotatable bonds is 6. The summed E-state index contributed by atoms with van der Waals surface area (Å²) in [6.07, 6.45) is 5.26. The van der Waals surface area contributed by atoms with Gasteiger partial charge in [0, 0.05) is 6.42 Å². The highest BCUT2D eigenvalue weighted by atomic mass is 16.6. The number of fused-ring (bicyclic) bond motifs is 1. The molecule has 0 amide bonds. The molecule has 0 bridgehead atoms. The van der Waals surface area contributed by atoms with Crippen LogP contribution in [0.1, 0.15) is 30.9 Å². The Kier molecular flexibility index (Phi) is 5.69. The van der Waals surface area contributed by atoms with Gasteiger partial charge in [0.05, 0.1) is 7.11 Å². The molecule has 0 heterocycles. The molecule has 132 valence electrons. The predicted molar refractivity (Wildman–Crippen MR) is 106 cm³/mol. The Bertz CT molecular complexity index is 936. The fraction of sp³-hybridized carbons (Fsp3) is 0.174. The van der Waals surface area contributed by atoms with Gasteiger partial charge in [-0.2, -0.15) is 0 Å². The lowest BCUT2D eigenvalue weighted by atomic mass is 10.0. The average Bonchev–Trinajstić information content (AvgIpc) is 2.67. The lowest BCUT2D eigenvalue weighted by Gasteiger charge is -2.09. The Balaban J connectivity index is 1.85. The number of benzene rings is 3. The number of esters is 1. The average molecular weight is 346 g/mol. The van der Waals surface area contributed by atoms with Gasteiger partial charge in [0.25, 0.3) is 0 Å². The van der Waals surface area contributed by atoms with E-state index in [1.54, 1.807) is 13.2 Å². The van der Waals surface area contributed by atoms with E-state index in [9.17, 15) is 4.79 Å². The summed E-state index contributed by atoms with van der Waals surface area (Å²) in [7, 11) is 1.57. The molecule has 0 N–H and O–H groups in total. The summed E-state index contributed by atoms with van der Waals surface area (Å²) >= 11 is 0. The molecule has 0 saturated carbocycles. The van der Waals surface area contributed by atoms with Crippen molar-refractivity contribution in [2.45, 2.75) is 19.8 Å². The van der Waals surface area contributed by atoms with E-state index in [1.807, 2.05) is 37.3 Å². The van der Waals surface area contributed by atoms with Gasteiger partial charge in [-0.05, 0) is 40.5 Å². The second-order valence-corrected chi connectivity index (χ2v) is 6.04. The van der Waals surface area contributed by atoms with E-state index in [0.717, 1.165) is 17.5 Å². The summed E-state index contributed by atoms with van der Waals surface area (Å²) in [4.78, 5) is 11.7. The second kappa shape index (κ2) is 8.34. The highest BCUT2D eigenvalue weighted by Crippen LogP contribution is 2.29. The minimum Gasteiger partial charge on any atom is -0.493 e. The van der Waals surface area contributed by atoms with E-state index in [0.29, 0.717) is 17.9 Å². The highest BCUT2D eigenvalue weighted by molar-refractivity contribution is 5.92. The maximum absolute atomic E-state index is 11.7. The zero-order valence-electron chi connectivity index (χ0n) is 15.1. The molecule has 0 aliphatic heterocycles.